The molecule has 9 heteroatoms. The standard InChI is InChI=1S/C20H15F4N3OS/c21-15-6-1-3-12(9-15)10-16-26-27-18(29-16)25-17(28)19(7-8-19)13-4-2-5-14(11-13)20(22,23)24/h1-6,9,11H,7-8,10H2,(H,25,27,28). The van der Waals surface area contributed by atoms with Crippen molar-refractivity contribution in [2.24, 2.45) is 0 Å². The van der Waals surface area contributed by atoms with Gasteiger partial charge in [0, 0.05) is 6.42 Å². The number of anilines is 1. The van der Waals surface area contributed by atoms with Crippen molar-refractivity contribution in [2.45, 2.75) is 30.9 Å². The Labute approximate surface area is 167 Å². The van der Waals surface area contributed by atoms with E-state index in [9.17, 15) is 22.4 Å². The van der Waals surface area contributed by atoms with Crippen molar-refractivity contribution in [2.75, 3.05) is 5.32 Å². The third-order valence-electron chi connectivity index (χ3n) is 4.86. The van der Waals surface area contributed by atoms with Crippen LogP contribution in [0.25, 0.3) is 0 Å². The fourth-order valence-corrected chi connectivity index (χ4v) is 3.95. The molecule has 1 aromatic heterocycles. The van der Waals surface area contributed by atoms with Gasteiger partial charge < -0.3 is 0 Å². The first-order valence-corrected chi connectivity index (χ1v) is 9.64. The van der Waals surface area contributed by atoms with Gasteiger partial charge in [0.1, 0.15) is 10.8 Å². The van der Waals surface area contributed by atoms with Crippen LogP contribution in [0.5, 0.6) is 0 Å². The molecule has 0 radical (unpaired) electrons. The fourth-order valence-electron chi connectivity index (χ4n) is 3.18. The van der Waals surface area contributed by atoms with Gasteiger partial charge in [0.2, 0.25) is 11.0 Å². The van der Waals surface area contributed by atoms with Crippen LogP contribution < -0.4 is 5.32 Å². The van der Waals surface area contributed by atoms with Gasteiger partial charge in [0.15, 0.2) is 0 Å². The molecule has 29 heavy (non-hydrogen) atoms. The molecule has 4 rings (SSSR count). The molecule has 4 nitrogen and oxygen atoms in total. The molecule has 150 valence electrons. The monoisotopic (exact) mass is 421 g/mol. The normalized spacial score (nSPS) is 15.2. The van der Waals surface area contributed by atoms with Crippen molar-refractivity contribution in [1.29, 1.82) is 0 Å². The molecule has 0 unspecified atom stereocenters. The lowest BCUT2D eigenvalue weighted by Crippen LogP contribution is -2.28. The summed E-state index contributed by atoms with van der Waals surface area (Å²) in [5.74, 6) is -0.748. The van der Waals surface area contributed by atoms with Crippen LogP contribution in [-0.2, 0) is 22.8 Å². The van der Waals surface area contributed by atoms with Crippen molar-refractivity contribution in [3.05, 3.63) is 76.0 Å². The first-order valence-electron chi connectivity index (χ1n) is 8.82. The summed E-state index contributed by atoms with van der Waals surface area (Å²) >= 11 is 1.15. The van der Waals surface area contributed by atoms with E-state index in [1.807, 2.05) is 0 Å². The molecule has 0 atom stereocenters. The first kappa shape index (κ1) is 19.5. The van der Waals surface area contributed by atoms with Crippen molar-refractivity contribution in [3.8, 4) is 0 Å². The first-order chi connectivity index (χ1) is 13.8. The number of benzene rings is 2. The summed E-state index contributed by atoms with van der Waals surface area (Å²) in [6, 6.07) is 11.0. The number of hydrogen-bond acceptors (Lipinski definition) is 4. The van der Waals surface area contributed by atoms with E-state index in [1.54, 1.807) is 12.1 Å². The molecule has 2 aromatic carbocycles. The quantitative estimate of drug-likeness (QED) is 0.593. The Balaban J connectivity index is 1.48. The zero-order valence-corrected chi connectivity index (χ0v) is 15.8. The molecular weight excluding hydrogens is 406 g/mol. The van der Waals surface area contributed by atoms with Gasteiger partial charge in [-0.25, -0.2) is 4.39 Å². The largest absolute Gasteiger partial charge is 0.416 e. The third kappa shape index (κ3) is 4.14. The van der Waals surface area contributed by atoms with E-state index in [-0.39, 0.29) is 10.9 Å². The minimum absolute atomic E-state index is 0.264. The highest BCUT2D eigenvalue weighted by atomic mass is 32.1. The van der Waals surface area contributed by atoms with Crippen molar-refractivity contribution in [1.82, 2.24) is 10.2 Å². The van der Waals surface area contributed by atoms with Crippen LogP contribution in [0.2, 0.25) is 0 Å². The number of rotatable bonds is 5. The number of nitrogens with one attached hydrogen (secondary N) is 1. The average molecular weight is 421 g/mol. The second-order valence-electron chi connectivity index (χ2n) is 6.92. The van der Waals surface area contributed by atoms with Crippen LogP contribution >= 0.6 is 11.3 Å². The highest BCUT2D eigenvalue weighted by Crippen LogP contribution is 2.50. The Hall–Kier alpha value is -2.81. The van der Waals surface area contributed by atoms with Crippen molar-refractivity contribution >= 4 is 22.4 Å². The molecule has 3 aromatic rings. The van der Waals surface area contributed by atoms with Crippen LogP contribution in [0.4, 0.5) is 22.7 Å². The van der Waals surface area contributed by atoms with Gasteiger partial charge in [-0.3, -0.25) is 10.1 Å². The molecule has 1 heterocycles. The van der Waals surface area contributed by atoms with Crippen LogP contribution in [0.1, 0.15) is 34.5 Å². The lowest BCUT2D eigenvalue weighted by atomic mass is 9.93. The summed E-state index contributed by atoms with van der Waals surface area (Å²) in [6.45, 7) is 0. The molecule has 0 aliphatic heterocycles. The van der Waals surface area contributed by atoms with Crippen LogP contribution in [0, 0.1) is 5.82 Å². The summed E-state index contributed by atoms with van der Waals surface area (Å²) in [5, 5.41) is 11.5. The number of alkyl halides is 3. The van der Waals surface area contributed by atoms with E-state index in [1.165, 1.54) is 24.3 Å². The lowest BCUT2D eigenvalue weighted by molar-refractivity contribution is -0.137. The molecule has 1 aliphatic carbocycles. The zero-order chi connectivity index (χ0) is 20.6. The second-order valence-corrected chi connectivity index (χ2v) is 7.98. The maximum Gasteiger partial charge on any atom is 0.416 e. The van der Waals surface area contributed by atoms with Gasteiger partial charge in [-0.05, 0) is 42.2 Å². The summed E-state index contributed by atoms with van der Waals surface area (Å²) in [4.78, 5) is 12.8. The van der Waals surface area contributed by atoms with E-state index >= 15 is 0 Å². The van der Waals surface area contributed by atoms with E-state index in [0.717, 1.165) is 29.0 Å². The maximum atomic E-state index is 13.3. The van der Waals surface area contributed by atoms with Gasteiger partial charge in [0.25, 0.3) is 0 Å². The Morgan fingerprint density at radius 3 is 2.55 bits per heavy atom. The van der Waals surface area contributed by atoms with Gasteiger partial charge in [-0.2, -0.15) is 13.2 Å². The summed E-state index contributed by atoms with van der Waals surface area (Å²) in [6.07, 6.45) is -3.16. The van der Waals surface area contributed by atoms with E-state index in [4.69, 9.17) is 0 Å². The highest BCUT2D eigenvalue weighted by Gasteiger charge is 2.52. The number of halogens is 4. The SMILES string of the molecule is O=C(Nc1nnc(Cc2cccc(F)c2)s1)C1(c2cccc(C(F)(F)F)c2)CC1. The van der Waals surface area contributed by atoms with Crippen LogP contribution in [0.15, 0.2) is 48.5 Å². The highest BCUT2D eigenvalue weighted by molar-refractivity contribution is 7.15. The smallest absolute Gasteiger partial charge is 0.300 e. The Bertz CT molecular complexity index is 1060. The third-order valence-corrected chi connectivity index (χ3v) is 5.70. The molecule has 1 N–H and O–H groups in total. The predicted molar refractivity (Wildman–Crippen MR) is 100 cm³/mol. The summed E-state index contributed by atoms with van der Waals surface area (Å²) in [7, 11) is 0. The Kier molecular flexibility index (Phi) is 4.85. The van der Waals surface area contributed by atoms with Gasteiger partial charge in [-0.15, -0.1) is 10.2 Å². The van der Waals surface area contributed by atoms with E-state index in [2.05, 4.69) is 15.5 Å². The fraction of sp³-hybridized carbons (Fsp3) is 0.250. The number of carbonyl (C=O) groups excluding carboxylic acids is 1. The van der Waals surface area contributed by atoms with Gasteiger partial charge in [-0.1, -0.05) is 41.7 Å². The molecule has 1 fully saturated rings. The van der Waals surface area contributed by atoms with Crippen LogP contribution in [0.3, 0.4) is 0 Å². The maximum absolute atomic E-state index is 13.3. The summed E-state index contributed by atoms with van der Waals surface area (Å²) in [5.41, 5.74) is -0.686. The minimum atomic E-state index is -4.46. The predicted octanol–water partition coefficient (Wildman–Crippen LogP) is 4.96. The van der Waals surface area contributed by atoms with Crippen molar-refractivity contribution < 1.29 is 22.4 Å². The number of nitrogens with zero attached hydrogens (tertiary/aromatic N) is 2. The molecule has 0 spiro atoms. The molecule has 0 bridgehead atoms. The number of aromatic nitrogens is 2. The lowest BCUT2D eigenvalue weighted by Gasteiger charge is -2.16. The van der Waals surface area contributed by atoms with Gasteiger partial charge >= 0.3 is 6.18 Å². The zero-order valence-electron chi connectivity index (χ0n) is 15.0. The topological polar surface area (TPSA) is 54.9 Å². The van der Waals surface area contributed by atoms with Crippen molar-refractivity contribution in [3.63, 3.8) is 0 Å². The molecule has 0 saturated heterocycles. The van der Waals surface area contributed by atoms with Crippen LogP contribution in [-0.4, -0.2) is 16.1 Å². The number of hydrogen-bond donors (Lipinski definition) is 1. The minimum Gasteiger partial charge on any atom is -0.300 e. The van der Waals surface area contributed by atoms with E-state index < -0.39 is 23.1 Å². The van der Waals surface area contributed by atoms with E-state index in [0.29, 0.717) is 29.8 Å². The molecule has 1 saturated carbocycles. The average Bonchev–Trinajstić information content (AvgIpc) is 3.38. The Morgan fingerprint density at radius 1 is 1.10 bits per heavy atom. The molecule has 1 amide bonds. The summed E-state index contributed by atoms with van der Waals surface area (Å²) < 4.78 is 52.3. The Morgan fingerprint density at radius 2 is 1.86 bits per heavy atom. The molecular formula is C20H15F4N3OS. The molecule has 1 aliphatic rings. The van der Waals surface area contributed by atoms with Gasteiger partial charge in [0.05, 0.1) is 11.0 Å². The number of amides is 1. The second kappa shape index (κ2) is 7.22. The number of carbonyl (C=O) groups is 1.